The molecule has 0 atom stereocenters. The second kappa shape index (κ2) is 7.41. The summed E-state index contributed by atoms with van der Waals surface area (Å²) in [5, 5.41) is 10.9. The van der Waals surface area contributed by atoms with E-state index in [1.807, 2.05) is 40.1 Å². The number of morpholine rings is 1. The number of nitrogens with two attached hydrogens (primary N) is 2. The van der Waals surface area contributed by atoms with Gasteiger partial charge >= 0.3 is 0 Å². The van der Waals surface area contributed by atoms with Crippen LogP contribution in [0, 0.1) is 11.3 Å². The lowest BCUT2D eigenvalue weighted by molar-refractivity contribution is 0.101. The standard InChI is InChI=1S/C22H21N7O2/c23-10-14-16-17-15(30)12-29(11-13-4-2-1-3-5-13)22(17)27-20(25)18(16)19(24)26-21(14)28-6-8-31-9-7-28/h1-5H,6-9,11-12H2,(H2,24,26)(H2,25,27). The minimum absolute atomic E-state index is 0.113. The van der Waals surface area contributed by atoms with Crippen LogP contribution in [0.1, 0.15) is 21.5 Å². The number of carbonyl (C=O) groups excluding carboxylic acids is 1. The van der Waals surface area contributed by atoms with Crippen molar-refractivity contribution in [3.05, 3.63) is 47.0 Å². The summed E-state index contributed by atoms with van der Waals surface area (Å²) in [7, 11) is 0. The molecule has 0 amide bonds. The highest BCUT2D eigenvalue weighted by atomic mass is 16.5. The third-order valence-electron chi connectivity index (χ3n) is 5.71. The van der Waals surface area contributed by atoms with Gasteiger partial charge in [-0.25, -0.2) is 9.97 Å². The van der Waals surface area contributed by atoms with E-state index in [1.165, 1.54) is 0 Å². The van der Waals surface area contributed by atoms with Gasteiger partial charge in [0.15, 0.2) is 5.78 Å². The van der Waals surface area contributed by atoms with E-state index in [1.54, 1.807) is 0 Å². The van der Waals surface area contributed by atoms with Crippen molar-refractivity contribution in [1.82, 2.24) is 9.97 Å². The van der Waals surface area contributed by atoms with Crippen LogP contribution in [0.15, 0.2) is 30.3 Å². The van der Waals surface area contributed by atoms with E-state index in [-0.39, 0.29) is 24.0 Å². The lowest BCUT2D eigenvalue weighted by Gasteiger charge is -2.29. The molecule has 156 valence electrons. The molecular formula is C22H21N7O2. The molecule has 5 rings (SSSR count). The fraction of sp³-hybridized carbons (Fsp3) is 0.273. The number of fused-ring (bicyclic) bond motifs is 3. The Balaban J connectivity index is 1.73. The third kappa shape index (κ3) is 3.08. The predicted molar refractivity (Wildman–Crippen MR) is 118 cm³/mol. The van der Waals surface area contributed by atoms with Crippen molar-refractivity contribution in [2.45, 2.75) is 6.54 Å². The van der Waals surface area contributed by atoms with Crippen LogP contribution >= 0.6 is 0 Å². The number of nitrogens with zero attached hydrogens (tertiary/aromatic N) is 5. The third-order valence-corrected chi connectivity index (χ3v) is 5.71. The van der Waals surface area contributed by atoms with Gasteiger partial charge in [0, 0.05) is 25.0 Å². The number of hydrogen-bond acceptors (Lipinski definition) is 9. The van der Waals surface area contributed by atoms with Crippen LogP contribution in [0.5, 0.6) is 0 Å². The van der Waals surface area contributed by atoms with Gasteiger partial charge < -0.3 is 26.0 Å². The summed E-state index contributed by atoms with van der Waals surface area (Å²) < 4.78 is 5.42. The van der Waals surface area contributed by atoms with Crippen LogP contribution in [-0.4, -0.2) is 48.6 Å². The van der Waals surface area contributed by atoms with E-state index in [9.17, 15) is 10.1 Å². The molecule has 4 N–H and O–H groups in total. The summed E-state index contributed by atoms with van der Waals surface area (Å²) in [6.07, 6.45) is 0. The number of pyridine rings is 2. The Bertz CT molecular complexity index is 1230. The predicted octanol–water partition coefficient (Wildman–Crippen LogP) is 1.71. The topological polar surface area (TPSA) is 134 Å². The zero-order chi connectivity index (χ0) is 21.5. The molecule has 0 bridgehead atoms. The summed E-state index contributed by atoms with van der Waals surface area (Å²) in [5.41, 5.74) is 14.3. The normalized spacial score (nSPS) is 15.9. The van der Waals surface area contributed by atoms with Gasteiger partial charge in [-0.2, -0.15) is 5.26 Å². The molecule has 31 heavy (non-hydrogen) atoms. The first-order chi connectivity index (χ1) is 15.1. The lowest BCUT2D eigenvalue weighted by Crippen LogP contribution is -2.37. The molecule has 1 fully saturated rings. The van der Waals surface area contributed by atoms with E-state index in [0.29, 0.717) is 66.4 Å². The van der Waals surface area contributed by atoms with Gasteiger partial charge in [0.25, 0.3) is 0 Å². The molecule has 3 aromatic rings. The van der Waals surface area contributed by atoms with Crippen molar-refractivity contribution < 1.29 is 9.53 Å². The minimum Gasteiger partial charge on any atom is -0.383 e. The first-order valence-corrected chi connectivity index (χ1v) is 10.1. The molecule has 9 nitrogen and oxygen atoms in total. The summed E-state index contributed by atoms with van der Waals surface area (Å²) >= 11 is 0. The SMILES string of the molecule is N#Cc1c(N2CCOCC2)nc(N)c2c(N)nc3c(c12)C(=O)CN3Cc1ccccc1. The molecule has 1 saturated heterocycles. The van der Waals surface area contributed by atoms with Gasteiger partial charge in [-0.05, 0) is 5.56 Å². The number of anilines is 4. The monoisotopic (exact) mass is 415 g/mol. The van der Waals surface area contributed by atoms with Gasteiger partial charge in [-0.3, -0.25) is 4.79 Å². The largest absolute Gasteiger partial charge is 0.383 e. The van der Waals surface area contributed by atoms with E-state index in [0.717, 1.165) is 5.56 Å². The van der Waals surface area contributed by atoms with Gasteiger partial charge in [0.2, 0.25) is 0 Å². The Hall–Kier alpha value is -3.90. The molecule has 2 aromatic heterocycles. The maximum atomic E-state index is 13.1. The highest BCUT2D eigenvalue weighted by Gasteiger charge is 2.34. The second-order valence-corrected chi connectivity index (χ2v) is 7.62. The van der Waals surface area contributed by atoms with Crippen LogP contribution in [0.25, 0.3) is 10.8 Å². The van der Waals surface area contributed by atoms with Crippen molar-refractivity contribution >= 4 is 39.8 Å². The van der Waals surface area contributed by atoms with Gasteiger partial charge in [-0.1, -0.05) is 30.3 Å². The Kier molecular flexibility index (Phi) is 4.56. The van der Waals surface area contributed by atoms with E-state index in [4.69, 9.17) is 16.2 Å². The Morgan fingerprint density at radius 1 is 1.03 bits per heavy atom. The smallest absolute Gasteiger partial charge is 0.186 e. The molecule has 9 heteroatoms. The minimum atomic E-state index is -0.113. The summed E-state index contributed by atoms with van der Waals surface area (Å²) in [5.74, 6) is 1.15. The van der Waals surface area contributed by atoms with Gasteiger partial charge in [-0.15, -0.1) is 0 Å². The molecular weight excluding hydrogens is 394 g/mol. The zero-order valence-corrected chi connectivity index (χ0v) is 16.8. The lowest BCUT2D eigenvalue weighted by atomic mass is 10.00. The number of Topliss-reactive ketones (excluding diaryl/α,β-unsaturated/α-hetero) is 1. The zero-order valence-electron chi connectivity index (χ0n) is 16.8. The Morgan fingerprint density at radius 3 is 2.39 bits per heavy atom. The molecule has 2 aliphatic rings. The average Bonchev–Trinajstić information content (AvgIpc) is 3.09. The highest BCUT2D eigenvalue weighted by Crippen LogP contribution is 2.41. The number of benzene rings is 1. The fourth-order valence-electron chi connectivity index (χ4n) is 4.30. The highest BCUT2D eigenvalue weighted by molar-refractivity contribution is 6.22. The number of carbonyl (C=O) groups is 1. The average molecular weight is 415 g/mol. The molecule has 0 spiro atoms. The fourth-order valence-corrected chi connectivity index (χ4v) is 4.30. The van der Waals surface area contributed by atoms with Crippen LogP contribution in [-0.2, 0) is 11.3 Å². The van der Waals surface area contributed by atoms with E-state index in [2.05, 4.69) is 16.0 Å². The summed E-state index contributed by atoms with van der Waals surface area (Å²) in [6, 6.07) is 12.1. The number of aromatic nitrogens is 2. The van der Waals surface area contributed by atoms with Crippen molar-refractivity contribution in [3.63, 3.8) is 0 Å². The molecule has 0 saturated carbocycles. The van der Waals surface area contributed by atoms with Gasteiger partial charge in [0.1, 0.15) is 34.9 Å². The number of nitrogen functional groups attached to an aromatic ring is 2. The Labute approximate surface area is 178 Å². The number of ketones is 1. The Morgan fingerprint density at radius 2 is 1.71 bits per heavy atom. The van der Waals surface area contributed by atoms with Crippen LogP contribution in [0.2, 0.25) is 0 Å². The number of rotatable bonds is 3. The van der Waals surface area contributed by atoms with E-state index >= 15 is 0 Å². The van der Waals surface area contributed by atoms with Gasteiger partial charge in [0.05, 0.1) is 30.7 Å². The molecule has 1 aromatic carbocycles. The summed E-state index contributed by atoms with van der Waals surface area (Å²) in [6.45, 7) is 2.91. The maximum absolute atomic E-state index is 13.1. The molecule has 2 aliphatic heterocycles. The maximum Gasteiger partial charge on any atom is 0.186 e. The van der Waals surface area contributed by atoms with Crippen molar-refractivity contribution in [1.29, 1.82) is 5.26 Å². The quantitative estimate of drug-likeness (QED) is 0.655. The number of ether oxygens (including phenoxy) is 1. The van der Waals surface area contributed by atoms with Crippen molar-refractivity contribution in [2.24, 2.45) is 0 Å². The van der Waals surface area contributed by atoms with E-state index < -0.39 is 0 Å². The molecule has 0 unspecified atom stereocenters. The second-order valence-electron chi connectivity index (χ2n) is 7.62. The number of hydrogen-bond donors (Lipinski definition) is 2. The number of nitriles is 1. The first-order valence-electron chi connectivity index (χ1n) is 10.1. The van der Waals surface area contributed by atoms with Crippen LogP contribution < -0.4 is 21.3 Å². The van der Waals surface area contributed by atoms with Crippen molar-refractivity contribution in [3.8, 4) is 6.07 Å². The van der Waals surface area contributed by atoms with Crippen LogP contribution in [0.3, 0.4) is 0 Å². The first kappa shape index (κ1) is 19.1. The summed E-state index contributed by atoms with van der Waals surface area (Å²) in [4.78, 5) is 26.0. The molecule has 0 radical (unpaired) electrons. The van der Waals surface area contributed by atoms with Crippen LogP contribution in [0.4, 0.5) is 23.3 Å². The molecule has 0 aliphatic carbocycles. The van der Waals surface area contributed by atoms with Crippen molar-refractivity contribution in [2.75, 3.05) is 54.1 Å². The molecule has 4 heterocycles.